The fourth-order valence-corrected chi connectivity index (χ4v) is 2.67. The third-order valence-corrected chi connectivity index (χ3v) is 3.93. The normalized spacial score (nSPS) is 14.9. The van der Waals surface area contributed by atoms with Crippen molar-refractivity contribution in [2.75, 3.05) is 26.2 Å². The molecule has 0 aliphatic carbocycles. The highest BCUT2D eigenvalue weighted by Crippen LogP contribution is 2.15. The van der Waals surface area contributed by atoms with E-state index in [0.717, 1.165) is 12.3 Å². The van der Waals surface area contributed by atoms with E-state index >= 15 is 0 Å². The number of hydrogen-bond acceptors (Lipinski definition) is 4. The Morgan fingerprint density at radius 1 is 1.00 bits per heavy atom. The molecule has 0 N–H and O–H groups in total. The van der Waals surface area contributed by atoms with E-state index < -0.39 is 0 Å². The minimum atomic E-state index is 0.00557. The summed E-state index contributed by atoms with van der Waals surface area (Å²) in [5.41, 5.74) is 1.32. The third-order valence-electron chi connectivity index (χ3n) is 3.93. The van der Waals surface area contributed by atoms with Gasteiger partial charge in [0.05, 0.1) is 0 Å². The Balaban J connectivity index is 1.54. The van der Waals surface area contributed by atoms with Gasteiger partial charge in [0.15, 0.2) is 5.78 Å². The smallest absolute Gasteiger partial charge is 0.193 e. The van der Waals surface area contributed by atoms with E-state index in [1.807, 2.05) is 24.3 Å². The van der Waals surface area contributed by atoms with Gasteiger partial charge in [-0.1, -0.05) is 0 Å². The maximum absolute atomic E-state index is 12.3. The summed E-state index contributed by atoms with van der Waals surface area (Å²) in [6.07, 6.45) is 5.85. The molecule has 114 valence electrons. The number of benzene rings is 1. The van der Waals surface area contributed by atoms with Crippen LogP contribution in [-0.2, 0) is 0 Å². The van der Waals surface area contributed by atoms with E-state index in [1.165, 1.54) is 25.9 Å². The molecule has 1 aromatic carbocycles. The van der Waals surface area contributed by atoms with E-state index in [4.69, 9.17) is 4.74 Å². The van der Waals surface area contributed by atoms with Gasteiger partial charge in [-0.2, -0.15) is 0 Å². The van der Waals surface area contributed by atoms with Crippen molar-refractivity contribution in [2.45, 2.75) is 12.8 Å². The van der Waals surface area contributed by atoms with Crippen LogP contribution in [0.3, 0.4) is 0 Å². The van der Waals surface area contributed by atoms with Crippen molar-refractivity contribution >= 4 is 5.78 Å². The third kappa shape index (κ3) is 3.71. The number of ether oxygens (including phenoxy) is 1. The Labute approximate surface area is 130 Å². The highest BCUT2D eigenvalue weighted by Gasteiger charge is 2.11. The van der Waals surface area contributed by atoms with E-state index in [1.54, 1.807) is 24.5 Å². The van der Waals surface area contributed by atoms with E-state index in [-0.39, 0.29) is 5.78 Å². The van der Waals surface area contributed by atoms with Gasteiger partial charge in [0, 0.05) is 30.1 Å². The topological polar surface area (TPSA) is 42.4 Å². The highest BCUT2D eigenvalue weighted by molar-refractivity contribution is 6.08. The molecule has 0 bridgehead atoms. The maximum atomic E-state index is 12.3. The summed E-state index contributed by atoms with van der Waals surface area (Å²) in [6.45, 7) is 4.03. The summed E-state index contributed by atoms with van der Waals surface area (Å²) >= 11 is 0. The number of likely N-dealkylation sites (tertiary alicyclic amines) is 1. The molecule has 1 aliphatic heterocycles. The minimum Gasteiger partial charge on any atom is -0.492 e. The van der Waals surface area contributed by atoms with Gasteiger partial charge >= 0.3 is 0 Å². The number of hydrogen-bond donors (Lipinski definition) is 0. The largest absolute Gasteiger partial charge is 0.492 e. The number of carbonyl (C=O) groups excluding carboxylic acids is 1. The van der Waals surface area contributed by atoms with Gasteiger partial charge in [-0.05, 0) is 62.3 Å². The molecule has 3 rings (SSSR count). The average molecular weight is 296 g/mol. The molecule has 2 heterocycles. The molecule has 1 saturated heterocycles. The average Bonchev–Trinajstić information content (AvgIpc) is 3.09. The van der Waals surface area contributed by atoms with Crippen LogP contribution in [0.25, 0.3) is 0 Å². The quantitative estimate of drug-likeness (QED) is 0.769. The van der Waals surface area contributed by atoms with Crippen molar-refractivity contribution < 1.29 is 9.53 Å². The second kappa shape index (κ2) is 7.18. The van der Waals surface area contributed by atoms with Crippen molar-refractivity contribution in [3.63, 3.8) is 0 Å². The van der Waals surface area contributed by atoms with Crippen LogP contribution in [-0.4, -0.2) is 41.9 Å². The van der Waals surface area contributed by atoms with Gasteiger partial charge in [-0.25, -0.2) is 0 Å². The summed E-state index contributed by atoms with van der Waals surface area (Å²) in [5.74, 6) is 0.816. The van der Waals surface area contributed by atoms with Crippen molar-refractivity contribution in [3.05, 3.63) is 59.9 Å². The van der Waals surface area contributed by atoms with Crippen molar-refractivity contribution in [1.82, 2.24) is 9.88 Å². The zero-order valence-electron chi connectivity index (χ0n) is 12.6. The van der Waals surface area contributed by atoms with E-state index in [0.29, 0.717) is 17.7 Å². The predicted octanol–water partition coefficient (Wildman–Crippen LogP) is 2.79. The van der Waals surface area contributed by atoms with Crippen LogP contribution in [0.1, 0.15) is 28.8 Å². The molecule has 22 heavy (non-hydrogen) atoms. The molecular formula is C18H20N2O2. The molecule has 0 spiro atoms. The van der Waals surface area contributed by atoms with E-state index in [9.17, 15) is 4.79 Å². The zero-order valence-corrected chi connectivity index (χ0v) is 12.6. The second-order valence-electron chi connectivity index (χ2n) is 5.49. The molecular weight excluding hydrogens is 276 g/mol. The summed E-state index contributed by atoms with van der Waals surface area (Å²) in [6, 6.07) is 10.8. The second-order valence-corrected chi connectivity index (χ2v) is 5.49. The summed E-state index contributed by atoms with van der Waals surface area (Å²) in [4.78, 5) is 18.6. The van der Waals surface area contributed by atoms with Gasteiger partial charge in [0.25, 0.3) is 0 Å². The van der Waals surface area contributed by atoms with Gasteiger partial charge in [0.2, 0.25) is 0 Å². The van der Waals surface area contributed by atoms with Crippen LogP contribution in [0.5, 0.6) is 5.75 Å². The number of carbonyl (C=O) groups is 1. The van der Waals surface area contributed by atoms with Gasteiger partial charge in [-0.3, -0.25) is 14.7 Å². The Morgan fingerprint density at radius 3 is 2.32 bits per heavy atom. The van der Waals surface area contributed by atoms with E-state index in [2.05, 4.69) is 9.88 Å². The molecule has 0 unspecified atom stereocenters. The van der Waals surface area contributed by atoms with Crippen molar-refractivity contribution in [2.24, 2.45) is 0 Å². The first kappa shape index (κ1) is 14.7. The SMILES string of the molecule is O=C(c1ccncc1)c1ccc(OCCN2CCCC2)cc1. The zero-order chi connectivity index (χ0) is 15.2. The van der Waals surface area contributed by atoms with Crippen LogP contribution in [0.4, 0.5) is 0 Å². The lowest BCUT2D eigenvalue weighted by Gasteiger charge is -2.14. The molecule has 1 fully saturated rings. The number of ketones is 1. The van der Waals surface area contributed by atoms with Crippen LogP contribution in [0, 0.1) is 0 Å². The van der Waals surface area contributed by atoms with Crippen LogP contribution in [0.2, 0.25) is 0 Å². The molecule has 0 saturated carbocycles. The van der Waals surface area contributed by atoms with Crippen LogP contribution in [0.15, 0.2) is 48.8 Å². The lowest BCUT2D eigenvalue weighted by molar-refractivity contribution is 0.103. The van der Waals surface area contributed by atoms with Gasteiger partial charge in [0.1, 0.15) is 12.4 Å². The lowest BCUT2D eigenvalue weighted by Crippen LogP contribution is -2.25. The first-order valence-electron chi connectivity index (χ1n) is 7.73. The van der Waals surface area contributed by atoms with Crippen LogP contribution >= 0.6 is 0 Å². The number of pyridine rings is 1. The molecule has 1 aliphatic rings. The molecule has 0 amide bonds. The fraction of sp³-hybridized carbons (Fsp3) is 0.333. The maximum Gasteiger partial charge on any atom is 0.193 e. The first-order chi connectivity index (χ1) is 10.8. The Hall–Kier alpha value is -2.20. The van der Waals surface area contributed by atoms with Crippen LogP contribution < -0.4 is 4.74 Å². The van der Waals surface area contributed by atoms with Crippen molar-refractivity contribution in [1.29, 1.82) is 0 Å². The molecule has 0 radical (unpaired) electrons. The fourth-order valence-electron chi connectivity index (χ4n) is 2.67. The molecule has 2 aromatic rings. The Morgan fingerprint density at radius 2 is 1.64 bits per heavy atom. The molecule has 1 aromatic heterocycles. The highest BCUT2D eigenvalue weighted by atomic mass is 16.5. The van der Waals surface area contributed by atoms with Gasteiger partial charge in [-0.15, -0.1) is 0 Å². The first-order valence-corrected chi connectivity index (χ1v) is 7.73. The summed E-state index contributed by atoms with van der Waals surface area (Å²) in [7, 11) is 0. The van der Waals surface area contributed by atoms with Crippen molar-refractivity contribution in [3.8, 4) is 5.75 Å². The Bertz CT molecular complexity index is 605. The minimum absolute atomic E-state index is 0.00557. The summed E-state index contributed by atoms with van der Waals surface area (Å²) < 4.78 is 5.75. The monoisotopic (exact) mass is 296 g/mol. The molecule has 0 atom stereocenters. The van der Waals surface area contributed by atoms with Gasteiger partial charge < -0.3 is 4.74 Å². The number of rotatable bonds is 6. The standard InChI is InChI=1S/C18H20N2O2/c21-18(16-7-9-19-10-8-16)15-3-5-17(6-4-15)22-14-13-20-11-1-2-12-20/h3-10H,1-2,11-14H2. The number of nitrogens with zero attached hydrogens (tertiary/aromatic N) is 2. The Kier molecular flexibility index (Phi) is 4.81. The molecule has 4 nitrogen and oxygen atoms in total. The predicted molar refractivity (Wildman–Crippen MR) is 85.3 cm³/mol. The molecule has 4 heteroatoms. The summed E-state index contributed by atoms with van der Waals surface area (Å²) in [5, 5.41) is 0. The lowest BCUT2D eigenvalue weighted by atomic mass is 10.0. The number of aromatic nitrogens is 1.